The minimum atomic E-state index is 0.407. The Morgan fingerprint density at radius 3 is 3.11 bits per heavy atom. The van der Waals surface area contributed by atoms with Gasteiger partial charge < -0.3 is 0 Å². The second-order valence-electron chi connectivity index (χ2n) is 1.89. The molecule has 0 saturated heterocycles. The molecule has 0 aliphatic carbocycles. The lowest BCUT2D eigenvalue weighted by Gasteiger charge is -1.96. The second kappa shape index (κ2) is 2.78. The normalized spacial score (nSPS) is 13.0. The number of rotatable bonds is 2. The molecule has 1 rings (SSSR count). The summed E-state index contributed by atoms with van der Waals surface area (Å²) in [6.07, 6.45) is 3.72. The van der Waals surface area contributed by atoms with Gasteiger partial charge in [-0.2, -0.15) is 0 Å². The fraction of sp³-hybridized carbons (Fsp3) is 0.286. The molecular formula is C7H9NS. The Morgan fingerprint density at radius 1 is 1.89 bits per heavy atom. The molecule has 0 spiro atoms. The minimum Gasteiger partial charge on any atom is -0.249 e. The van der Waals surface area contributed by atoms with Crippen molar-refractivity contribution in [2.24, 2.45) is 0 Å². The van der Waals surface area contributed by atoms with Gasteiger partial charge >= 0.3 is 0 Å². The summed E-state index contributed by atoms with van der Waals surface area (Å²) >= 11 is 1.67. The molecule has 0 fully saturated rings. The minimum absolute atomic E-state index is 0.407. The average Bonchev–Trinajstić information content (AvgIpc) is 2.37. The van der Waals surface area contributed by atoms with E-state index in [2.05, 4.69) is 18.5 Å². The summed E-state index contributed by atoms with van der Waals surface area (Å²) in [5, 5.41) is 3.12. The molecule has 0 N–H and O–H groups in total. The van der Waals surface area contributed by atoms with Crippen molar-refractivity contribution in [2.75, 3.05) is 0 Å². The van der Waals surface area contributed by atoms with Gasteiger partial charge in [-0.3, -0.25) is 0 Å². The van der Waals surface area contributed by atoms with Crippen LogP contribution in [0.4, 0.5) is 0 Å². The van der Waals surface area contributed by atoms with Gasteiger partial charge in [0.2, 0.25) is 0 Å². The van der Waals surface area contributed by atoms with Gasteiger partial charge in [-0.15, -0.1) is 17.9 Å². The summed E-state index contributed by atoms with van der Waals surface area (Å²) in [5.74, 6) is 0.407. The van der Waals surface area contributed by atoms with Gasteiger partial charge in [-0.05, 0) is 0 Å². The molecule has 48 valence electrons. The van der Waals surface area contributed by atoms with Crippen LogP contribution in [0, 0.1) is 0 Å². The molecule has 1 nitrogen and oxygen atoms in total. The van der Waals surface area contributed by atoms with Gasteiger partial charge in [-0.1, -0.05) is 13.0 Å². The molecule has 0 saturated carbocycles. The van der Waals surface area contributed by atoms with Crippen LogP contribution in [-0.4, -0.2) is 4.98 Å². The van der Waals surface area contributed by atoms with Crippen molar-refractivity contribution in [3.63, 3.8) is 0 Å². The zero-order valence-corrected chi connectivity index (χ0v) is 6.19. The molecule has 9 heavy (non-hydrogen) atoms. The Bertz CT molecular complexity index is 179. The maximum atomic E-state index is 4.13. The number of nitrogens with zero attached hydrogens (tertiary/aromatic N) is 1. The third-order valence-corrected chi connectivity index (χ3v) is 2.17. The lowest BCUT2D eigenvalue weighted by Crippen LogP contribution is -1.84. The standard InChI is InChI=1S/C7H9NS/c1-3-6(2)7-8-4-5-9-7/h3-6H,1H2,2H3. The smallest absolute Gasteiger partial charge is 0.0990 e. The highest BCUT2D eigenvalue weighted by molar-refractivity contribution is 7.09. The fourth-order valence-corrected chi connectivity index (χ4v) is 1.25. The molecule has 1 unspecified atom stereocenters. The number of hydrogen-bond donors (Lipinski definition) is 0. The van der Waals surface area contributed by atoms with Crippen molar-refractivity contribution in [1.82, 2.24) is 4.98 Å². The predicted molar refractivity (Wildman–Crippen MR) is 40.7 cm³/mol. The van der Waals surface area contributed by atoms with Gasteiger partial charge in [0.05, 0.1) is 5.01 Å². The van der Waals surface area contributed by atoms with E-state index in [1.54, 1.807) is 11.3 Å². The lowest BCUT2D eigenvalue weighted by atomic mass is 10.2. The third-order valence-electron chi connectivity index (χ3n) is 1.19. The number of aromatic nitrogens is 1. The van der Waals surface area contributed by atoms with Gasteiger partial charge in [0.1, 0.15) is 0 Å². The van der Waals surface area contributed by atoms with Gasteiger partial charge in [0.25, 0.3) is 0 Å². The summed E-state index contributed by atoms with van der Waals surface area (Å²) in [6, 6.07) is 0. The number of hydrogen-bond acceptors (Lipinski definition) is 2. The first-order valence-electron chi connectivity index (χ1n) is 2.86. The molecule has 1 atom stereocenters. The van der Waals surface area contributed by atoms with E-state index in [4.69, 9.17) is 0 Å². The fourth-order valence-electron chi connectivity index (χ4n) is 0.560. The van der Waals surface area contributed by atoms with Crippen LogP contribution in [0.15, 0.2) is 24.2 Å². The summed E-state index contributed by atoms with van der Waals surface area (Å²) < 4.78 is 0. The quantitative estimate of drug-likeness (QED) is 0.573. The number of allylic oxidation sites excluding steroid dienone is 1. The Balaban J connectivity index is 2.76. The zero-order valence-electron chi connectivity index (χ0n) is 5.37. The largest absolute Gasteiger partial charge is 0.249 e. The maximum Gasteiger partial charge on any atom is 0.0990 e. The Kier molecular flexibility index (Phi) is 2.01. The van der Waals surface area contributed by atoms with E-state index in [1.807, 2.05) is 17.7 Å². The van der Waals surface area contributed by atoms with Crippen LogP contribution in [0.3, 0.4) is 0 Å². The van der Waals surface area contributed by atoms with Crippen LogP contribution in [0.25, 0.3) is 0 Å². The van der Waals surface area contributed by atoms with Crippen molar-refractivity contribution >= 4 is 11.3 Å². The lowest BCUT2D eigenvalue weighted by molar-refractivity contribution is 0.949. The van der Waals surface area contributed by atoms with E-state index in [1.165, 1.54) is 0 Å². The SMILES string of the molecule is C=CC(C)c1nccs1. The first-order chi connectivity index (χ1) is 4.34. The Labute approximate surface area is 59.1 Å². The molecule has 0 aliphatic rings. The summed E-state index contributed by atoms with van der Waals surface area (Å²) in [5.41, 5.74) is 0. The van der Waals surface area contributed by atoms with Gasteiger partial charge in [0.15, 0.2) is 0 Å². The molecule has 2 heteroatoms. The first kappa shape index (κ1) is 6.49. The van der Waals surface area contributed by atoms with Crippen molar-refractivity contribution in [3.8, 4) is 0 Å². The van der Waals surface area contributed by atoms with E-state index in [9.17, 15) is 0 Å². The predicted octanol–water partition coefficient (Wildman–Crippen LogP) is 2.43. The maximum absolute atomic E-state index is 4.13. The zero-order chi connectivity index (χ0) is 6.69. The molecule has 1 aromatic rings. The Morgan fingerprint density at radius 2 is 2.67 bits per heavy atom. The van der Waals surface area contributed by atoms with Crippen molar-refractivity contribution < 1.29 is 0 Å². The van der Waals surface area contributed by atoms with Crippen molar-refractivity contribution in [1.29, 1.82) is 0 Å². The topological polar surface area (TPSA) is 12.9 Å². The summed E-state index contributed by atoms with van der Waals surface area (Å²) in [7, 11) is 0. The molecule has 0 bridgehead atoms. The highest BCUT2D eigenvalue weighted by Gasteiger charge is 2.00. The molecule has 1 aromatic heterocycles. The molecule has 1 heterocycles. The van der Waals surface area contributed by atoms with E-state index >= 15 is 0 Å². The van der Waals surface area contributed by atoms with Crippen LogP contribution in [0.5, 0.6) is 0 Å². The third kappa shape index (κ3) is 1.39. The molecular weight excluding hydrogens is 130 g/mol. The van der Waals surface area contributed by atoms with Crippen LogP contribution in [0.2, 0.25) is 0 Å². The molecule has 0 amide bonds. The average molecular weight is 139 g/mol. The second-order valence-corrected chi connectivity index (χ2v) is 2.82. The van der Waals surface area contributed by atoms with E-state index < -0.39 is 0 Å². The molecule has 0 aliphatic heterocycles. The Hall–Kier alpha value is -0.630. The van der Waals surface area contributed by atoms with Crippen LogP contribution in [-0.2, 0) is 0 Å². The molecule has 0 radical (unpaired) electrons. The van der Waals surface area contributed by atoms with Crippen LogP contribution < -0.4 is 0 Å². The van der Waals surface area contributed by atoms with Crippen molar-refractivity contribution in [3.05, 3.63) is 29.2 Å². The van der Waals surface area contributed by atoms with Crippen LogP contribution in [0.1, 0.15) is 17.8 Å². The van der Waals surface area contributed by atoms with E-state index in [0.29, 0.717) is 5.92 Å². The summed E-state index contributed by atoms with van der Waals surface area (Å²) in [6.45, 7) is 5.77. The van der Waals surface area contributed by atoms with E-state index in [0.717, 1.165) is 5.01 Å². The van der Waals surface area contributed by atoms with Gasteiger partial charge in [-0.25, -0.2) is 4.98 Å². The van der Waals surface area contributed by atoms with Gasteiger partial charge in [0, 0.05) is 17.5 Å². The monoisotopic (exact) mass is 139 g/mol. The van der Waals surface area contributed by atoms with Crippen LogP contribution >= 0.6 is 11.3 Å². The van der Waals surface area contributed by atoms with E-state index in [-0.39, 0.29) is 0 Å². The summed E-state index contributed by atoms with van der Waals surface area (Å²) in [4.78, 5) is 4.13. The highest BCUT2D eigenvalue weighted by Crippen LogP contribution is 2.17. The van der Waals surface area contributed by atoms with Crippen molar-refractivity contribution in [2.45, 2.75) is 12.8 Å². The molecule has 0 aromatic carbocycles. The highest BCUT2D eigenvalue weighted by atomic mass is 32.1. The first-order valence-corrected chi connectivity index (χ1v) is 3.74. The number of thiazole rings is 1.